The molecule has 0 aromatic heterocycles. The van der Waals surface area contributed by atoms with Gasteiger partial charge in [0.2, 0.25) is 6.41 Å². The van der Waals surface area contributed by atoms with Crippen molar-refractivity contribution in [1.29, 1.82) is 0 Å². The first-order valence-electron chi connectivity index (χ1n) is 3.24. The van der Waals surface area contributed by atoms with Crippen LogP contribution in [0.3, 0.4) is 0 Å². The van der Waals surface area contributed by atoms with Crippen molar-refractivity contribution < 1.29 is 24.6 Å². The Morgan fingerprint density at radius 3 is 2.67 bits per heavy atom. The number of amides is 1. The average molecular weight is 177 g/mol. The summed E-state index contributed by atoms with van der Waals surface area (Å²) in [5.41, 5.74) is 0. The number of rotatable bonds is 6. The van der Waals surface area contributed by atoms with Gasteiger partial charge in [-0.1, -0.05) is 0 Å². The van der Waals surface area contributed by atoms with E-state index in [2.05, 4.69) is 4.84 Å². The topological polar surface area (TPSA) is 87.1 Å². The Kier molecular flexibility index (Phi) is 5.18. The van der Waals surface area contributed by atoms with E-state index in [1.165, 1.54) is 7.11 Å². The lowest BCUT2D eigenvalue weighted by atomic mass is 10.3. The van der Waals surface area contributed by atoms with Crippen LogP contribution in [0.1, 0.15) is 6.42 Å². The van der Waals surface area contributed by atoms with E-state index < -0.39 is 18.6 Å². The second-order valence-electron chi connectivity index (χ2n) is 2.03. The highest BCUT2D eigenvalue weighted by molar-refractivity contribution is 5.79. The fraction of sp³-hybridized carbons (Fsp3) is 0.667. The first kappa shape index (κ1) is 11.0. The van der Waals surface area contributed by atoms with E-state index in [1.54, 1.807) is 0 Å². The van der Waals surface area contributed by atoms with Crippen LogP contribution in [0.15, 0.2) is 0 Å². The Bertz CT molecular complexity index is 160. The molecule has 0 aliphatic heterocycles. The average Bonchev–Trinajstić information content (AvgIpc) is 2.06. The maximum absolute atomic E-state index is 10.6. The zero-order chi connectivity index (χ0) is 9.56. The van der Waals surface area contributed by atoms with Gasteiger partial charge in [-0.15, -0.1) is 0 Å². The van der Waals surface area contributed by atoms with Gasteiger partial charge in [-0.25, -0.2) is 0 Å². The van der Waals surface area contributed by atoms with E-state index in [9.17, 15) is 9.59 Å². The van der Waals surface area contributed by atoms with Crippen LogP contribution in [0.5, 0.6) is 0 Å². The summed E-state index contributed by atoms with van der Waals surface area (Å²) >= 11 is 0. The molecule has 0 saturated heterocycles. The van der Waals surface area contributed by atoms with Gasteiger partial charge < -0.3 is 10.2 Å². The summed E-state index contributed by atoms with van der Waals surface area (Å²) in [5, 5.41) is 17.9. The van der Waals surface area contributed by atoms with Gasteiger partial charge in [0.25, 0.3) is 0 Å². The van der Waals surface area contributed by atoms with Crippen LogP contribution in [-0.2, 0) is 14.4 Å². The number of Topliss-reactive ketones (excluding diaryl/α,β-unsaturated/α-hetero) is 1. The van der Waals surface area contributed by atoms with Crippen molar-refractivity contribution in [2.24, 2.45) is 0 Å². The number of carbonyl (C=O) groups is 2. The summed E-state index contributed by atoms with van der Waals surface area (Å²) in [6.45, 7) is -0.659. The van der Waals surface area contributed by atoms with Crippen LogP contribution >= 0.6 is 0 Å². The highest BCUT2D eigenvalue weighted by atomic mass is 16.7. The number of ketones is 1. The van der Waals surface area contributed by atoms with Crippen LogP contribution in [0, 0.1) is 0 Å². The zero-order valence-corrected chi connectivity index (χ0v) is 6.64. The molecule has 0 bridgehead atoms. The predicted molar refractivity (Wildman–Crippen MR) is 37.6 cm³/mol. The third-order valence-corrected chi connectivity index (χ3v) is 1.20. The van der Waals surface area contributed by atoms with Gasteiger partial charge >= 0.3 is 0 Å². The number of aliphatic hydroxyl groups excluding tert-OH is 2. The van der Waals surface area contributed by atoms with E-state index in [1.807, 2.05) is 0 Å². The number of hydrogen-bond donors (Lipinski definition) is 2. The lowest BCUT2D eigenvalue weighted by Gasteiger charge is -2.19. The summed E-state index contributed by atoms with van der Waals surface area (Å²) in [5.74, 6) is -0.564. The van der Waals surface area contributed by atoms with E-state index in [0.29, 0.717) is 5.06 Å². The molecule has 2 N–H and O–H groups in total. The number of nitrogens with zero attached hydrogens (tertiary/aromatic N) is 1. The van der Waals surface area contributed by atoms with Gasteiger partial charge in [-0.05, 0) is 0 Å². The van der Waals surface area contributed by atoms with Gasteiger partial charge in [0.05, 0.1) is 13.5 Å². The SMILES string of the molecule is CON(C=O)[C@@H](O)CC(=O)CO. The molecular formula is C6H11NO5. The molecule has 0 aliphatic rings. The molecule has 12 heavy (non-hydrogen) atoms. The molecule has 1 atom stereocenters. The van der Waals surface area contributed by atoms with Gasteiger partial charge in [0, 0.05) is 0 Å². The maximum Gasteiger partial charge on any atom is 0.235 e. The van der Waals surface area contributed by atoms with Gasteiger partial charge in [-0.3, -0.25) is 14.4 Å². The highest BCUT2D eigenvalue weighted by Crippen LogP contribution is 1.98. The van der Waals surface area contributed by atoms with Crippen LogP contribution in [0.25, 0.3) is 0 Å². The molecule has 0 saturated carbocycles. The first-order valence-corrected chi connectivity index (χ1v) is 3.24. The third kappa shape index (κ3) is 3.42. The molecule has 0 unspecified atom stereocenters. The molecule has 0 heterocycles. The Hall–Kier alpha value is -0.980. The van der Waals surface area contributed by atoms with Crippen LogP contribution in [0.2, 0.25) is 0 Å². The largest absolute Gasteiger partial charge is 0.389 e. The summed E-state index contributed by atoms with van der Waals surface area (Å²) in [7, 11) is 1.18. The summed E-state index contributed by atoms with van der Waals surface area (Å²) in [6.07, 6.45) is -1.44. The Labute approximate surface area is 69.3 Å². The molecule has 0 spiro atoms. The van der Waals surface area contributed by atoms with Crippen molar-refractivity contribution in [1.82, 2.24) is 5.06 Å². The number of aliphatic hydroxyl groups is 2. The minimum absolute atomic E-state index is 0.245. The minimum atomic E-state index is -1.34. The van der Waals surface area contributed by atoms with E-state index >= 15 is 0 Å². The van der Waals surface area contributed by atoms with Crippen molar-refractivity contribution in [3.63, 3.8) is 0 Å². The Morgan fingerprint density at radius 1 is 1.75 bits per heavy atom. The summed E-state index contributed by atoms with van der Waals surface area (Å²) in [4.78, 5) is 25.1. The quantitative estimate of drug-likeness (QED) is 0.286. The molecule has 0 aliphatic carbocycles. The second-order valence-corrected chi connectivity index (χ2v) is 2.03. The Balaban J connectivity index is 3.91. The molecule has 0 aromatic carbocycles. The van der Waals surface area contributed by atoms with E-state index in [-0.39, 0.29) is 12.8 Å². The lowest BCUT2D eigenvalue weighted by molar-refractivity contribution is -0.209. The minimum Gasteiger partial charge on any atom is -0.389 e. The standard InChI is InChI=1S/C6H11NO5/c1-12-7(4-9)6(11)2-5(10)3-8/h4,6,8,11H,2-3H2,1H3/t6-/m0/s1. The molecule has 0 radical (unpaired) electrons. The van der Waals surface area contributed by atoms with Crippen LogP contribution in [-0.4, -0.2) is 47.4 Å². The summed E-state index contributed by atoms with van der Waals surface area (Å²) in [6, 6.07) is 0. The predicted octanol–water partition coefficient (Wildman–Crippen LogP) is -1.72. The smallest absolute Gasteiger partial charge is 0.235 e. The molecule has 1 amide bonds. The monoisotopic (exact) mass is 177 g/mol. The summed E-state index contributed by atoms with van der Waals surface area (Å²) < 4.78 is 0. The molecule has 0 rings (SSSR count). The molecular weight excluding hydrogens is 166 g/mol. The maximum atomic E-state index is 10.6. The first-order chi connectivity index (χ1) is 5.65. The number of carbonyl (C=O) groups excluding carboxylic acids is 2. The van der Waals surface area contributed by atoms with Gasteiger partial charge in [0.1, 0.15) is 6.61 Å². The second kappa shape index (κ2) is 5.64. The van der Waals surface area contributed by atoms with E-state index in [0.717, 1.165) is 0 Å². The van der Waals surface area contributed by atoms with Crippen LogP contribution in [0.4, 0.5) is 0 Å². The fourth-order valence-corrected chi connectivity index (χ4v) is 0.593. The third-order valence-electron chi connectivity index (χ3n) is 1.20. The molecule has 0 aromatic rings. The molecule has 70 valence electrons. The number of hydroxylamine groups is 2. The van der Waals surface area contributed by atoms with E-state index in [4.69, 9.17) is 10.2 Å². The molecule has 6 nitrogen and oxygen atoms in total. The van der Waals surface area contributed by atoms with Crippen molar-refractivity contribution in [3.05, 3.63) is 0 Å². The molecule has 0 fully saturated rings. The highest BCUT2D eigenvalue weighted by Gasteiger charge is 2.16. The normalized spacial score (nSPS) is 12.2. The Morgan fingerprint density at radius 2 is 2.33 bits per heavy atom. The van der Waals surface area contributed by atoms with Crippen molar-refractivity contribution in [2.45, 2.75) is 12.6 Å². The number of hydrogen-bond acceptors (Lipinski definition) is 5. The fourth-order valence-electron chi connectivity index (χ4n) is 0.593. The van der Waals surface area contributed by atoms with Gasteiger partial charge in [-0.2, -0.15) is 5.06 Å². The van der Waals surface area contributed by atoms with Crippen molar-refractivity contribution in [2.75, 3.05) is 13.7 Å². The zero-order valence-electron chi connectivity index (χ0n) is 6.64. The lowest BCUT2D eigenvalue weighted by Crippen LogP contribution is -2.35. The van der Waals surface area contributed by atoms with Crippen molar-refractivity contribution in [3.8, 4) is 0 Å². The van der Waals surface area contributed by atoms with Crippen LogP contribution < -0.4 is 0 Å². The van der Waals surface area contributed by atoms with Crippen molar-refractivity contribution >= 4 is 12.2 Å². The molecule has 6 heteroatoms. The van der Waals surface area contributed by atoms with Gasteiger partial charge in [0.15, 0.2) is 12.0 Å².